The molecule has 3 saturated heterocycles. The van der Waals surface area contributed by atoms with E-state index in [0.717, 1.165) is 45.6 Å². The van der Waals surface area contributed by atoms with E-state index in [-0.39, 0.29) is 34.2 Å². The normalized spacial score (nSPS) is 27.0. The lowest BCUT2D eigenvalue weighted by molar-refractivity contribution is -0.138. The lowest BCUT2D eigenvalue weighted by Gasteiger charge is -2.34. The summed E-state index contributed by atoms with van der Waals surface area (Å²) in [5.74, 6) is -0.981. The number of aromatic nitrogens is 3. The predicted molar refractivity (Wildman–Crippen MR) is 154 cm³/mol. The number of pyridine rings is 1. The van der Waals surface area contributed by atoms with Crippen LogP contribution in [0.4, 0.5) is 32.2 Å². The minimum Gasteiger partial charge on any atom is -0.461 e. The average molecular weight is 640 g/mol. The first-order valence-electron chi connectivity index (χ1n) is 15.1. The Morgan fingerprint density at radius 2 is 1.77 bits per heavy atom. The molecule has 0 amide bonds. The number of aryl methyl sites for hydroxylation is 1. The van der Waals surface area contributed by atoms with Gasteiger partial charge in [-0.2, -0.15) is 23.1 Å². The van der Waals surface area contributed by atoms with Crippen LogP contribution < -0.4 is 9.64 Å². The molecule has 1 aromatic carbocycles. The topological polar surface area (TPSA) is 54.4 Å². The van der Waals surface area contributed by atoms with Crippen LogP contribution in [0.25, 0.3) is 22.2 Å². The van der Waals surface area contributed by atoms with Crippen molar-refractivity contribution in [1.29, 1.82) is 0 Å². The fraction of sp³-hybridized carbons (Fsp3) is 0.581. The van der Waals surface area contributed by atoms with Crippen molar-refractivity contribution in [2.45, 2.75) is 70.3 Å². The molecule has 3 aromatic rings. The van der Waals surface area contributed by atoms with Gasteiger partial charge in [-0.05, 0) is 70.4 Å². The molecule has 2 bridgehead atoms. The molecule has 3 aliphatic heterocycles. The zero-order valence-corrected chi connectivity index (χ0v) is 25.1. The van der Waals surface area contributed by atoms with E-state index in [4.69, 9.17) is 21.3 Å². The van der Waals surface area contributed by atoms with Crippen molar-refractivity contribution >= 4 is 28.3 Å². The summed E-state index contributed by atoms with van der Waals surface area (Å²) in [5.41, 5.74) is -4.63. The molecule has 4 atom stereocenters. The van der Waals surface area contributed by atoms with Crippen molar-refractivity contribution in [3.8, 4) is 17.3 Å². The van der Waals surface area contributed by atoms with E-state index < -0.39 is 51.9 Å². The van der Waals surface area contributed by atoms with Crippen LogP contribution in [0.2, 0.25) is 5.02 Å². The van der Waals surface area contributed by atoms with Crippen molar-refractivity contribution in [1.82, 2.24) is 19.9 Å². The van der Waals surface area contributed by atoms with Crippen molar-refractivity contribution in [3.63, 3.8) is 0 Å². The van der Waals surface area contributed by atoms with Crippen LogP contribution in [0.5, 0.6) is 6.01 Å². The Morgan fingerprint density at radius 1 is 1.05 bits per heavy atom. The summed E-state index contributed by atoms with van der Waals surface area (Å²) in [6.45, 7) is 4.74. The van der Waals surface area contributed by atoms with Crippen LogP contribution in [0.3, 0.4) is 0 Å². The Morgan fingerprint density at radius 3 is 2.48 bits per heavy atom. The molecule has 1 aliphatic carbocycles. The quantitative estimate of drug-likeness (QED) is 0.270. The molecular formula is C31H32ClF6N5O. The van der Waals surface area contributed by atoms with Gasteiger partial charge in [0.1, 0.15) is 29.9 Å². The average Bonchev–Trinajstić information content (AvgIpc) is 3.60. The van der Waals surface area contributed by atoms with E-state index in [9.17, 15) is 22.0 Å². The number of hydrogen-bond acceptors (Lipinski definition) is 6. The van der Waals surface area contributed by atoms with E-state index in [1.165, 1.54) is 13.0 Å². The minimum atomic E-state index is -5.04. The number of halogens is 7. The third-order valence-corrected chi connectivity index (χ3v) is 10.3. The molecule has 0 spiro atoms. The van der Waals surface area contributed by atoms with Gasteiger partial charge in [0.15, 0.2) is 5.82 Å². The van der Waals surface area contributed by atoms with Crippen LogP contribution in [0.1, 0.15) is 55.3 Å². The lowest BCUT2D eigenvalue weighted by Crippen LogP contribution is -2.43. The molecule has 44 heavy (non-hydrogen) atoms. The summed E-state index contributed by atoms with van der Waals surface area (Å²) in [6, 6.07) is 1.22. The zero-order valence-electron chi connectivity index (χ0n) is 24.4. The molecule has 0 N–H and O–H groups in total. The molecule has 4 fully saturated rings. The monoisotopic (exact) mass is 639 g/mol. The van der Waals surface area contributed by atoms with E-state index in [1.807, 2.05) is 0 Å². The number of nitrogens with zero attached hydrogens (tertiary/aromatic N) is 5. The van der Waals surface area contributed by atoms with Crippen molar-refractivity contribution in [3.05, 3.63) is 39.5 Å². The number of ether oxygens (including phenoxy) is 1. The maximum Gasteiger partial charge on any atom is 0.418 e. The van der Waals surface area contributed by atoms with Gasteiger partial charge in [0.25, 0.3) is 0 Å². The largest absolute Gasteiger partial charge is 0.461 e. The summed E-state index contributed by atoms with van der Waals surface area (Å²) in [7, 11) is 0. The number of piperidine rings is 1. The van der Waals surface area contributed by atoms with Crippen LogP contribution in [0, 0.1) is 37.3 Å². The van der Waals surface area contributed by atoms with Gasteiger partial charge in [-0.3, -0.25) is 4.90 Å². The number of fused-ring (bicyclic) bond motifs is 4. The van der Waals surface area contributed by atoms with Crippen molar-refractivity contribution < 1.29 is 31.1 Å². The molecule has 236 valence electrons. The first-order chi connectivity index (χ1) is 20.8. The lowest BCUT2D eigenvalue weighted by atomic mass is 9.95. The Labute approximate surface area is 255 Å². The first kappa shape index (κ1) is 29.8. The van der Waals surface area contributed by atoms with Gasteiger partial charge in [-0.1, -0.05) is 11.6 Å². The third-order valence-electron chi connectivity index (χ3n) is 10.0. The van der Waals surface area contributed by atoms with Crippen LogP contribution >= 0.6 is 11.6 Å². The highest BCUT2D eigenvalue weighted by molar-refractivity contribution is 6.34. The highest BCUT2D eigenvalue weighted by Gasteiger charge is 2.49. The molecular weight excluding hydrogens is 608 g/mol. The fourth-order valence-corrected chi connectivity index (χ4v) is 8.35. The second kappa shape index (κ2) is 10.6. The molecule has 2 aromatic heterocycles. The Hall–Kier alpha value is -2.86. The van der Waals surface area contributed by atoms with Crippen LogP contribution in [0.15, 0.2) is 6.07 Å². The summed E-state index contributed by atoms with van der Waals surface area (Å²) < 4.78 is 94.6. The van der Waals surface area contributed by atoms with E-state index in [1.54, 1.807) is 0 Å². The summed E-state index contributed by atoms with van der Waals surface area (Å²) >= 11 is 6.56. The standard InChI is InChI=1S/C31H32ClF6N5O/c1-15-23(31(36,37)38)27(39-16(2)24(15)34)22-21(32)9-20-26(25(22)35)40-29(41-28(20)42-11-17-4-5-18(8-17)12-42)44-14-30-6-3-7-43(30)13-19(33)10-30/h9,17-19H,3-8,10-14H2,1-2H3/t17?,18?,19-,30+/m1/s1. The Bertz CT molecular complexity index is 1640. The van der Waals surface area contributed by atoms with Gasteiger partial charge in [0.2, 0.25) is 0 Å². The molecule has 6 nitrogen and oxygen atoms in total. The van der Waals surface area contributed by atoms with Crippen LogP contribution in [-0.2, 0) is 6.18 Å². The summed E-state index contributed by atoms with van der Waals surface area (Å²) in [6.07, 6.45) is -0.811. The molecule has 2 unspecified atom stereocenters. The van der Waals surface area contributed by atoms with Gasteiger partial charge in [0.05, 0.1) is 33.1 Å². The molecule has 7 rings (SSSR count). The Balaban J connectivity index is 1.39. The van der Waals surface area contributed by atoms with E-state index in [0.29, 0.717) is 43.7 Å². The van der Waals surface area contributed by atoms with Crippen molar-refractivity contribution in [2.24, 2.45) is 11.8 Å². The second-order valence-electron chi connectivity index (χ2n) is 12.9. The maximum atomic E-state index is 16.6. The smallest absolute Gasteiger partial charge is 0.418 e. The maximum absolute atomic E-state index is 16.6. The number of benzene rings is 1. The minimum absolute atomic E-state index is 0.0990. The molecule has 4 aliphatic rings. The van der Waals surface area contributed by atoms with Gasteiger partial charge in [0, 0.05) is 37.0 Å². The zero-order chi connectivity index (χ0) is 31.1. The second-order valence-corrected chi connectivity index (χ2v) is 13.4. The molecule has 0 radical (unpaired) electrons. The van der Waals surface area contributed by atoms with Gasteiger partial charge in [-0.15, -0.1) is 0 Å². The molecule has 13 heteroatoms. The highest BCUT2D eigenvalue weighted by atomic mass is 35.5. The van der Waals surface area contributed by atoms with E-state index >= 15 is 4.39 Å². The van der Waals surface area contributed by atoms with Crippen LogP contribution in [-0.4, -0.2) is 64.3 Å². The van der Waals surface area contributed by atoms with Crippen molar-refractivity contribution in [2.75, 3.05) is 37.7 Å². The highest BCUT2D eigenvalue weighted by Crippen LogP contribution is 2.46. The fourth-order valence-electron chi connectivity index (χ4n) is 8.07. The number of rotatable bonds is 5. The van der Waals surface area contributed by atoms with E-state index in [2.05, 4.69) is 19.8 Å². The summed E-state index contributed by atoms with van der Waals surface area (Å²) in [5, 5.41) is -0.0864. The summed E-state index contributed by atoms with van der Waals surface area (Å²) in [4.78, 5) is 17.0. The number of alkyl halides is 4. The first-order valence-corrected chi connectivity index (χ1v) is 15.4. The predicted octanol–water partition coefficient (Wildman–Crippen LogP) is 7.45. The van der Waals surface area contributed by atoms with Gasteiger partial charge in [-0.25, -0.2) is 18.2 Å². The number of anilines is 1. The SMILES string of the molecule is Cc1nc(-c2c(Cl)cc3c(N4CC5CCC(C5)C4)nc(OC[C@@]45CCCN4C[C@H](F)C5)nc3c2F)c(C(F)(F)F)c(C)c1F. The Kier molecular flexibility index (Phi) is 7.19. The van der Waals surface area contributed by atoms with Gasteiger partial charge < -0.3 is 9.64 Å². The number of hydrogen-bond donors (Lipinski definition) is 0. The third kappa shape index (κ3) is 4.87. The van der Waals surface area contributed by atoms with Gasteiger partial charge >= 0.3 is 12.2 Å². The molecule has 5 heterocycles. The molecule has 1 saturated carbocycles.